The van der Waals surface area contributed by atoms with Crippen molar-refractivity contribution < 1.29 is 29.1 Å². The van der Waals surface area contributed by atoms with Crippen LogP contribution in [0.15, 0.2) is 18.2 Å². The minimum atomic E-state index is -0.999. The molecule has 0 amide bonds. The largest absolute Gasteiger partial charge is 0.543 e. The fourth-order valence-electron chi connectivity index (χ4n) is 2.59. The molecule has 1 saturated carbocycles. The van der Waals surface area contributed by atoms with Crippen LogP contribution in [-0.2, 0) is 19.6 Å². The first-order chi connectivity index (χ1) is 10.6. The number of ether oxygens (including phenoxy) is 1. The SMILES string of the molecule is Cc1cccc(C)c1C(=O)OOOC(=O)OC1CCCCC1. The Morgan fingerprint density at radius 2 is 1.64 bits per heavy atom. The Bertz CT molecular complexity index is 513. The Balaban J connectivity index is 1.75. The summed E-state index contributed by atoms with van der Waals surface area (Å²) in [5.74, 6) is -0.721. The molecule has 0 N–H and O–H groups in total. The Morgan fingerprint density at radius 1 is 1.00 bits per heavy atom. The summed E-state index contributed by atoms with van der Waals surface area (Å²) in [4.78, 5) is 32.1. The van der Waals surface area contributed by atoms with E-state index in [-0.39, 0.29) is 6.10 Å². The lowest BCUT2D eigenvalue weighted by atomic mass is 9.98. The van der Waals surface area contributed by atoms with Gasteiger partial charge in [0.1, 0.15) is 6.10 Å². The number of aryl methyl sites for hydroxylation is 2. The van der Waals surface area contributed by atoms with Crippen LogP contribution in [0.1, 0.15) is 53.6 Å². The maximum Gasteiger partial charge on any atom is 0.543 e. The van der Waals surface area contributed by atoms with Crippen LogP contribution < -0.4 is 0 Å². The van der Waals surface area contributed by atoms with E-state index in [0.717, 1.165) is 43.2 Å². The first kappa shape index (κ1) is 16.3. The highest BCUT2D eigenvalue weighted by molar-refractivity contribution is 5.92. The number of carbonyl (C=O) groups is 2. The number of carbonyl (C=O) groups excluding carboxylic acids is 2. The Kier molecular flexibility index (Phi) is 5.77. The van der Waals surface area contributed by atoms with Gasteiger partial charge in [0.15, 0.2) is 0 Å². The van der Waals surface area contributed by atoms with Crippen molar-refractivity contribution in [2.45, 2.75) is 52.1 Å². The van der Waals surface area contributed by atoms with Crippen molar-refractivity contribution >= 4 is 12.1 Å². The lowest BCUT2D eigenvalue weighted by Gasteiger charge is -2.20. The van der Waals surface area contributed by atoms with E-state index >= 15 is 0 Å². The van der Waals surface area contributed by atoms with E-state index < -0.39 is 12.1 Å². The topological polar surface area (TPSA) is 71.1 Å². The van der Waals surface area contributed by atoms with Gasteiger partial charge in [0.25, 0.3) is 0 Å². The third-order valence-electron chi connectivity index (χ3n) is 3.71. The molecule has 6 heteroatoms. The van der Waals surface area contributed by atoms with Crippen LogP contribution in [-0.4, -0.2) is 18.2 Å². The van der Waals surface area contributed by atoms with Crippen molar-refractivity contribution in [2.24, 2.45) is 0 Å². The molecule has 1 aromatic rings. The molecule has 0 radical (unpaired) electrons. The van der Waals surface area contributed by atoms with Crippen molar-refractivity contribution in [3.8, 4) is 0 Å². The lowest BCUT2D eigenvalue weighted by Crippen LogP contribution is -2.22. The van der Waals surface area contributed by atoms with Crippen molar-refractivity contribution in [1.82, 2.24) is 0 Å². The van der Waals surface area contributed by atoms with Gasteiger partial charge in [-0.3, -0.25) is 4.89 Å². The van der Waals surface area contributed by atoms with Crippen molar-refractivity contribution in [3.05, 3.63) is 34.9 Å². The second-order valence-electron chi connectivity index (χ2n) is 5.42. The van der Waals surface area contributed by atoms with Gasteiger partial charge in [-0.1, -0.05) is 24.6 Å². The summed E-state index contributed by atoms with van der Waals surface area (Å²) in [5, 5.41) is 4.24. The minimum Gasteiger partial charge on any atom is -0.429 e. The smallest absolute Gasteiger partial charge is 0.429 e. The van der Waals surface area contributed by atoms with Gasteiger partial charge in [-0.15, -0.1) is 0 Å². The summed E-state index contributed by atoms with van der Waals surface area (Å²) in [6.07, 6.45) is 3.69. The average molecular weight is 308 g/mol. The normalized spacial score (nSPS) is 15.2. The molecule has 2 rings (SSSR count). The zero-order chi connectivity index (χ0) is 15.9. The molecule has 0 bridgehead atoms. The van der Waals surface area contributed by atoms with Crippen molar-refractivity contribution in [3.63, 3.8) is 0 Å². The number of hydrogen-bond donors (Lipinski definition) is 0. The molecule has 0 saturated heterocycles. The average Bonchev–Trinajstić information content (AvgIpc) is 2.48. The minimum absolute atomic E-state index is 0.154. The van der Waals surface area contributed by atoms with E-state index in [1.165, 1.54) is 0 Å². The molecular weight excluding hydrogens is 288 g/mol. The van der Waals surface area contributed by atoms with Gasteiger partial charge in [-0.05, 0) is 50.7 Å². The Morgan fingerprint density at radius 3 is 2.27 bits per heavy atom. The van der Waals surface area contributed by atoms with E-state index in [4.69, 9.17) is 4.74 Å². The highest BCUT2D eigenvalue weighted by Gasteiger charge is 2.20. The molecule has 0 atom stereocenters. The second-order valence-corrected chi connectivity index (χ2v) is 5.42. The predicted octanol–water partition coefficient (Wildman–Crippen LogP) is 3.79. The first-order valence-electron chi connectivity index (χ1n) is 7.40. The van der Waals surface area contributed by atoms with Crippen molar-refractivity contribution in [1.29, 1.82) is 0 Å². The zero-order valence-corrected chi connectivity index (χ0v) is 12.8. The molecule has 1 aliphatic carbocycles. The molecule has 120 valence electrons. The third-order valence-corrected chi connectivity index (χ3v) is 3.71. The number of benzene rings is 1. The predicted molar refractivity (Wildman–Crippen MR) is 76.9 cm³/mol. The fourth-order valence-corrected chi connectivity index (χ4v) is 2.59. The van der Waals surface area contributed by atoms with Gasteiger partial charge < -0.3 is 4.74 Å². The summed E-state index contributed by atoms with van der Waals surface area (Å²) >= 11 is 0. The molecule has 0 heterocycles. The number of hydrogen-bond acceptors (Lipinski definition) is 6. The van der Waals surface area contributed by atoms with E-state index in [0.29, 0.717) is 5.56 Å². The fraction of sp³-hybridized carbons (Fsp3) is 0.500. The van der Waals surface area contributed by atoms with Gasteiger partial charge in [0, 0.05) is 0 Å². The molecule has 1 aromatic carbocycles. The van der Waals surface area contributed by atoms with E-state index in [1.54, 1.807) is 26.0 Å². The van der Waals surface area contributed by atoms with Crippen LogP contribution in [0.4, 0.5) is 4.79 Å². The van der Waals surface area contributed by atoms with Gasteiger partial charge in [0.05, 0.1) is 10.6 Å². The summed E-state index contributed by atoms with van der Waals surface area (Å²) < 4.78 is 5.05. The summed E-state index contributed by atoms with van der Waals surface area (Å²) in [5.41, 5.74) is 1.88. The highest BCUT2D eigenvalue weighted by atomic mass is 17.5. The van der Waals surface area contributed by atoms with Gasteiger partial charge in [-0.25, -0.2) is 14.5 Å². The summed E-state index contributed by atoms with van der Waals surface area (Å²) in [6.45, 7) is 3.56. The summed E-state index contributed by atoms with van der Waals surface area (Å²) in [7, 11) is 0. The maximum absolute atomic E-state index is 11.9. The molecule has 1 fully saturated rings. The van der Waals surface area contributed by atoms with E-state index in [2.05, 4.69) is 14.8 Å². The molecule has 0 spiro atoms. The third kappa shape index (κ3) is 4.46. The van der Waals surface area contributed by atoms with Gasteiger partial charge in [0.2, 0.25) is 0 Å². The molecule has 0 unspecified atom stereocenters. The van der Waals surface area contributed by atoms with Crippen LogP contribution in [0.25, 0.3) is 0 Å². The van der Waals surface area contributed by atoms with Crippen LogP contribution in [0.5, 0.6) is 0 Å². The first-order valence-corrected chi connectivity index (χ1v) is 7.40. The number of rotatable bonds is 4. The van der Waals surface area contributed by atoms with Crippen LogP contribution in [0.2, 0.25) is 0 Å². The van der Waals surface area contributed by atoms with Crippen molar-refractivity contribution in [2.75, 3.05) is 0 Å². The standard InChI is InChI=1S/C16H20O6/c1-11-7-6-8-12(2)14(11)15(17)20-22-21-16(18)19-13-9-4-3-5-10-13/h6-8,13H,3-5,9-10H2,1-2H3. The van der Waals surface area contributed by atoms with Crippen LogP contribution in [0.3, 0.4) is 0 Å². The molecule has 22 heavy (non-hydrogen) atoms. The lowest BCUT2D eigenvalue weighted by molar-refractivity contribution is -0.453. The van der Waals surface area contributed by atoms with Crippen LogP contribution in [0, 0.1) is 13.8 Å². The molecule has 0 aromatic heterocycles. The van der Waals surface area contributed by atoms with Gasteiger partial charge >= 0.3 is 12.1 Å². The Hall–Kier alpha value is -2.08. The Labute approximate surface area is 129 Å². The zero-order valence-electron chi connectivity index (χ0n) is 12.8. The molecule has 6 nitrogen and oxygen atoms in total. The maximum atomic E-state index is 11.9. The molecular formula is C16H20O6. The quantitative estimate of drug-likeness (QED) is 0.479. The van der Waals surface area contributed by atoms with E-state index in [1.807, 2.05) is 6.07 Å². The summed E-state index contributed by atoms with van der Waals surface area (Å²) in [6, 6.07) is 5.39. The molecule has 1 aliphatic rings. The highest BCUT2D eigenvalue weighted by Crippen LogP contribution is 2.20. The monoisotopic (exact) mass is 308 g/mol. The molecule has 0 aliphatic heterocycles. The van der Waals surface area contributed by atoms with E-state index in [9.17, 15) is 9.59 Å². The van der Waals surface area contributed by atoms with Crippen LogP contribution >= 0.6 is 0 Å². The second kappa shape index (κ2) is 7.79. The van der Waals surface area contributed by atoms with Gasteiger partial charge in [-0.2, -0.15) is 0 Å².